The topological polar surface area (TPSA) is 47.6 Å². The van der Waals surface area contributed by atoms with Crippen molar-refractivity contribution in [3.05, 3.63) is 12.2 Å². The highest BCUT2D eigenvalue weighted by molar-refractivity contribution is 5.05. The lowest BCUT2D eigenvalue weighted by Crippen LogP contribution is -2.28. The highest BCUT2D eigenvalue weighted by Gasteiger charge is 2.34. The van der Waals surface area contributed by atoms with E-state index in [2.05, 4.69) is 31.2 Å². The molecule has 0 aromatic heterocycles. The predicted molar refractivity (Wildman–Crippen MR) is 50.4 cm³/mol. The van der Waals surface area contributed by atoms with Crippen molar-refractivity contribution in [2.75, 3.05) is 0 Å². The van der Waals surface area contributed by atoms with Crippen LogP contribution < -0.4 is 0 Å². The van der Waals surface area contributed by atoms with Crippen LogP contribution in [-0.2, 0) is 0 Å². The second-order valence-corrected chi connectivity index (χ2v) is 3.96. The van der Waals surface area contributed by atoms with Crippen LogP contribution in [0.3, 0.4) is 0 Å². The van der Waals surface area contributed by atoms with Gasteiger partial charge in [-0.15, -0.1) is 0 Å². The van der Waals surface area contributed by atoms with Crippen molar-refractivity contribution >= 4 is 0 Å². The minimum Gasteiger partial charge on any atom is -0.198 e. The summed E-state index contributed by atoms with van der Waals surface area (Å²) in [4.78, 5) is 0. The maximum absolute atomic E-state index is 8.71. The number of nitriles is 2. The summed E-state index contributed by atoms with van der Waals surface area (Å²) < 4.78 is 0. The summed E-state index contributed by atoms with van der Waals surface area (Å²) in [6.45, 7) is 2.11. The molecule has 0 radical (unpaired) electrons. The molecule has 68 valence electrons. The van der Waals surface area contributed by atoms with Crippen LogP contribution in [0.15, 0.2) is 12.2 Å². The molecule has 0 amide bonds. The third-order valence-corrected chi connectivity index (χ3v) is 2.98. The minimum atomic E-state index is 0.0270. The van der Waals surface area contributed by atoms with Gasteiger partial charge in [-0.2, -0.15) is 10.5 Å². The molecule has 0 aliphatic heterocycles. The molecule has 2 heteroatoms. The lowest BCUT2D eigenvalue weighted by atomic mass is 9.67. The van der Waals surface area contributed by atoms with Gasteiger partial charge in [-0.05, 0) is 24.2 Å². The van der Waals surface area contributed by atoms with Gasteiger partial charge in [-0.1, -0.05) is 19.1 Å². The third-order valence-electron chi connectivity index (χ3n) is 2.98. The molecule has 0 spiro atoms. The molecule has 0 aromatic carbocycles. The molecule has 0 bridgehead atoms. The van der Waals surface area contributed by atoms with Gasteiger partial charge in [0.25, 0.3) is 0 Å². The normalized spacial score (nSPS) is 32.1. The Kier molecular flexibility index (Phi) is 3.09. The molecular formula is C11H14N2. The molecule has 0 saturated heterocycles. The molecular weight excluding hydrogens is 160 g/mol. The average molecular weight is 174 g/mol. The van der Waals surface area contributed by atoms with Gasteiger partial charge in [0.1, 0.15) is 0 Å². The molecule has 1 rings (SSSR count). The van der Waals surface area contributed by atoms with E-state index in [1.807, 2.05) is 0 Å². The van der Waals surface area contributed by atoms with E-state index < -0.39 is 0 Å². The largest absolute Gasteiger partial charge is 0.198 e. The highest BCUT2D eigenvalue weighted by Crippen LogP contribution is 2.42. The summed E-state index contributed by atoms with van der Waals surface area (Å²) in [5.74, 6) is 0.363. The van der Waals surface area contributed by atoms with E-state index >= 15 is 0 Å². The quantitative estimate of drug-likeness (QED) is 0.604. The number of nitrogens with zero attached hydrogens (tertiary/aromatic N) is 2. The summed E-state index contributed by atoms with van der Waals surface area (Å²) >= 11 is 0. The first-order valence-electron chi connectivity index (χ1n) is 4.62. The second-order valence-electron chi connectivity index (χ2n) is 3.96. The fourth-order valence-corrected chi connectivity index (χ4v) is 1.90. The lowest BCUT2D eigenvalue weighted by molar-refractivity contribution is 0.187. The smallest absolute Gasteiger partial charge is 0.0627 e. The molecule has 0 saturated carbocycles. The summed E-state index contributed by atoms with van der Waals surface area (Å²) in [5.41, 5.74) is 0.0270. The Balaban J connectivity index is 2.75. The van der Waals surface area contributed by atoms with Crippen LogP contribution >= 0.6 is 0 Å². The van der Waals surface area contributed by atoms with E-state index in [4.69, 9.17) is 10.5 Å². The Hall–Kier alpha value is -1.28. The first kappa shape index (κ1) is 9.81. The number of hydrogen-bond donors (Lipinski definition) is 0. The van der Waals surface area contributed by atoms with Crippen LogP contribution in [-0.4, -0.2) is 0 Å². The first-order valence-corrected chi connectivity index (χ1v) is 4.62. The Bertz CT molecular complexity index is 279. The SMILES string of the molecule is CC1(CC#N)CC=CCC1CC#N. The lowest BCUT2D eigenvalue weighted by Gasteiger charge is -2.36. The Labute approximate surface area is 79.5 Å². The number of allylic oxidation sites excluding steroid dienone is 2. The van der Waals surface area contributed by atoms with Gasteiger partial charge in [-0.25, -0.2) is 0 Å². The molecule has 0 heterocycles. The van der Waals surface area contributed by atoms with Crippen molar-refractivity contribution in [1.82, 2.24) is 0 Å². The highest BCUT2D eigenvalue weighted by atomic mass is 14.4. The van der Waals surface area contributed by atoms with Crippen molar-refractivity contribution in [2.45, 2.75) is 32.6 Å². The molecule has 0 aromatic rings. The third kappa shape index (κ3) is 2.10. The van der Waals surface area contributed by atoms with Crippen molar-refractivity contribution in [2.24, 2.45) is 11.3 Å². The van der Waals surface area contributed by atoms with Crippen molar-refractivity contribution in [3.8, 4) is 12.1 Å². The van der Waals surface area contributed by atoms with E-state index in [9.17, 15) is 0 Å². The Morgan fingerprint density at radius 3 is 2.77 bits per heavy atom. The molecule has 1 aliphatic rings. The molecule has 2 atom stereocenters. The number of hydrogen-bond acceptors (Lipinski definition) is 2. The van der Waals surface area contributed by atoms with Gasteiger partial charge in [0.2, 0.25) is 0 Å². The standard InChI is InChI=1S/C11H14N2/c1-11(7-9-13)6-3-2-4-10(11)5-8-12/h2-3,10H,4-7H2,1H3. The zero-order valence-electron chi connectivity index (χ0n) is 7.95. The van der Waals surface area contributed by atoms with Gasteiger partial charge in [0.15, 0.2) is 0 Å². The van der Waals surface area contributed by atoms with Crippen LogP contribution in [0, 0.1) is 34.0 Å². The van der Waals surface area contributed by atoms with Crippen LogP contribution in [0.25, 0.3) is 0 Å². The number of rotatable bonds is 2. The summed E-state index contributed by atoms with van der Waals surface area (Å²) in [5, 5.41) is 17.4. The van der Waals surface area contributed by atoms with Gasteiger partial charge in [-0.3, -0.25) is 0 Å². The van der Waals surface area contributed by atoms with E-state index in [1.54, 1.807) is 0 Å². The van der Waals surface area contributed by atoms with Crippen LogP contribution in [0.4, 0.5) is 0 Å². The van der Waals surface area contributed by atoms with Crippen LogP contribution in [0.1, 0.15) is 32.6 Å². The van der Waals surface area contributed by atoms with Gasteiger partial charge >= 0.3 is 0 Å². The average Bonchev–Trinajstić information content (AvgIpc) is 2.10. The van der Waals surface area contributed by atoms with Crippen molar-refractivity contribution in [3.63, 3.8) is 0 Å². The van der Waals surface area contributed by atoms with Crippen molar-refractivity contribution in [1.29, 1.82) is 10.5 Å². The summed E-state index contributed by atoms with van der Waals surface area (Å²) in [6.07, 6.45) is 7.27. The second kappa shape index (κ2) is 4.10. The first-order chi connectivity index (χ1) is 6.23. The summed E-state index contributed by atoms with van der Waals surface area (Å²) in [7, 11) is 0. The van der Waals surface area contributed by atoms with Crippen LogP contribution in [0.2, 0.25) is 0 Å². The molecule has 1 aliphatic carbocycles. The fraction of sp³-hybridized carbons (Fsp3) is 0.636. The minimum absolute atomic E-state index is 0.0270. The predicted octanol–water partition coefficient (Wildman–Crippen LogP) is 2.79. The van der Waals surface area contributed by atoms with Gasteiger partial charge in [0, 0.05) is 12.8 Å². The van der Waals surface area contributed by atoms with E-state index in [1.165, 1.54) is 0 Å². The van der Waals surface area contributed by atoms with Crippen molar-refractivity contribution < 1.29 is 0 Å². The molecule has 2 nitrogen and oxygen atoms in total. The van der Waals surface area contributed by atoms with Gasteiger partial charge in [0.05, 0.1) is 12.1 Å². The fourth-order valence-electron chi connectivity index (χ4n) is 1.90. The Morgan fingerprint density at radius 2 is 2.15 bits per heavy atom. The Morgan fingerprint density at radius 1 is 1.38 bits per heavy atom. The molecule has 2 unspecified atom stereocenters. The van der Waals surface area contributed by atoms with E-state index in [-0.39, 0.29) is 5.41 Å². The van der Waals surface area contributed by atoms with E-state index in [0.717, 1.165) is 12.8 Å². The van der Waals surface area contributed by atoms with Gasteiger partial charge < -0.3 is 0 Å². The molecule has 13 heavy (non-hydrogen) atoms. The monoisotopic (exact) mass is 174 g/mol. The molecule has 0 N–H and O–H groups in total. The zero-order chi connectivity index (χ0) is 9.73. The molecule has 0 fully saturated rings. The maximum atomic E-state index is 8.71. The van der Waals surface area contributed by atoms with Crippen LogP contribution in [0.5, 0.6) is 0 Å². The summed E-state index contributed by atoms with van der Waals surface area (Å²) in [6, 6.07) is 4.43. The zero-order valence-corrected chi connectivity index (χ0v) is 7.95. The van der Waals surface area contributed by atoms with E-state index in [0.29, 0.717) is 18.8 Å². The maximum Gasteiger partial charge on any atom is 0.0627 e.